The Morgan fingerprint density at radius 2 is 2.19 bits per heavy atom. The van der Waals surface area contributed by atoms with Gasteiger partial charge in [-0.1, -0.05) is 19.9 Å². The molecule has 3 aromatic rings. The van der Waals surface area contributed by atoms with Crippen LogP contribution in [0.5, 0.6) is 0 Å². The molecule has 0 radical (unpaired) electrons. The van der Waals surface area contributed by atoms with Gasteiger partial charge in [0.25, 0.3) is 0 Å². The Hall–Kier alpha value is -1.95. The van der Waals surface area contributed by atoms with Crippen LogP contribution < -0.4 is 5.32 Å². The van der Waals surface area contributed by atoms with Gasteiger partial charge < -0.3 is 5.32 Å². The van der Waals surface area contributed by atoms with E-state index in [1.807, 2.05) is 13.2 Å². The molecule has 0 fully saturated rings. The predicted molar refractivity (Wildman–Crippen MR) is 86.7 cm³/mol. The number of nitrogens with zero attached hydrogens (tertiary/aromatic N) is 4. The molecule has 0 saturated carbocycles. The summed E-state index contributed by atoms with van der Waals surface area (Å²) >= 11 is 1.77. The van der Waals surface area contributed by atoms with Crippen LogP contribution in [0.15, 0.2) is 23.7 Å². The predicted octanol–water partition coefficient (Wildman–Crippen LogP) is 3.55. The Kier molecular flexibility index (Phi) is 3.88. The zero-order valence-electron chi connectivity index (χ0n) is 12.5. The highest BCUT2D eigenvalue weighted by Gasteiger charge is 2.16. The van der Waals surface area contributed by atoms with Crippen LogP contribution in [0.2, 0.25) is 0 Å². The van der Waals surface area contributed by atoms with E-state index >= 15 is 0 Å². The number of anilines is 1. The third kappa shape index (κ3) is 2.63. The zero-order valence-corrected chi connectivity index (χ0v) is 13.3. The summed E-state index contributed by atoms with van der Waals surface area (Å²) in [5.41, 5.74) is 0.880. The fourth-order valence-corrected chi connectivity index (χ4v) is 3.23. The minimum absolute atomic E-state index is 0.271. The van der Waals surface area contributed by atoms with Crippen molar-refractivity contribution in [2.45, 2.75) is 32.7 Å². The molecule has 5 nitrogen and oxygen atoms in total. The van der Waals surface area contributed by atoms with Gasteiger partial charge in [-0.3, -0.25) is 4.68 Å². The molecule has 21 heavy (non-hydrogen) atoms. The van der Waals surface area contributed by atoms with Gasteiger partial charge in [0.2, 0.25) is 0 Å². The normalized spacial score (nSPS) is 12.7. The fraction of sp³-hybridized carbons (Fsp3) is 0.400. The van der Waals surface area contributed by atoms with E-state index in [0.717, 1.165) is 35.5 Å². The van der Waals surface area contributed by atoms with Crippen molar-refractivity contribution >= 4 is 28.2 Å². The summed E-state index contributed by atoms with van der Waals surface area (Å²) in [6, 6.07) is 4.52. The van der Waals surface area contributed by atoms with E-state index in [4.69, 9.17) is 0 Å². The van der Waals surface area contributed by atoms with Crippen molar-refractivity contribution < 1.29 is 0 Å². The van der Waals surface area contributed by atoms with Crippen LogP contribution in [-0.2, 0) is 13.5 Å². The molecule has 0 aromatic carbocycles. The van der Waals surface area contributed by atoms with Gasteiger partial charge in [0.05, 0.1) is 17.6 Å². The summed E-state index contributed by atoms with van der Waals surface area (Å²) < 4.78 is 1.80. The molecule has 3 rings (SSSR count). The van der Waals surface area contributed by atoms with E-state index < -0.39 is 0 Å². The second kappa shape index (κ2) is 5.81. The second-order valence-electron chi connectivity index (χ2n) is 4.97. The Balaban J connectivity index is 2.02. The maximum atomic E-state index is 4.66. The number of fused-ring (bicyclic) bond motifs is 1. The quantitative estimate of drug-likeness (QED) is 0.783. The number of hydrogen-bond acceptors (Lipinski definition) is 5. The standard InChI is InChI=1S/C15H19N5S/c1-4-11(12-7-6-8-21-12)17-14-10-9-16-20(3)15(10)19-13(5-2)18-14/h6-9,11H,4-5H2,1-3H3,(H,17,18,19)/t11-/m0/s1. The van der Waals surface area contributed by atoms with Crippen molar-refractivity contribution in [3.63, 3.8) is 0 Å². The molecule has 0 amide bonds. The molecule has 0 aliphatic carbocycles. The number of aryl methyl sites for hydroxylation is 2. The number of thiophene rings is 1. The van der Waals surface area contributed by atoms with Crippen molar-refractivity contribution in [2.75, 3.05) is 5.32 Å². The highest BCUT2D eigenvalue weighted by Crippen LogP contribution is 2.28. The van der Waals surface area contributed by atoms with E-state index in [0.29, 0.717) is 0 Å². The van der Waals surface area contributed by atoms with Crippen LogP contribution in [0.3, 0.4) is 0 Å². The van der Waals surface area contributed by atoms with Crippen molar-refractivity contribution in [3.8, 4) is 0 Å². The van der Waals surface area contributed by atoms with Crippen LogP contribution in [-0.4, -0.2) is 19.7 Å². The van der Waals surface area contributed by atoms with Crippen molar-refractivity contribution in [1.82, 2.24) is 19.7 Å². The number of nitrogens with one attached hydrogen (secondary N) is 1. The maximum Gasteiger partial charge on any atom is 0.163 e. The number of aromatic nitrogens is 4. The van der Waals surface area contributed by atoms with Crippen molar-refractivity contribution in [2.24, 2.45) is 7.05 Å². The number of hydrogen-bond donors (Lipinski definition) is 1. The third-order valence-electron chi connectivity index (χ3n) is 3.56. The van der Waals surface area contributed by atoms with Gasteiger partial charge in [-0.15, -0.1) is 11.3 Å². The summed E-state index contributed by atoms with van der Waals surface area (Å²) in [6.45, 7) is 4.25. The van der Waals surface area contributed by atoms with Crippen LogP contribution in [0, 0.1) is 0 Å². The molecule has 0 aliphatic heterocycles. The molecule has 0 unspecified atom stereocenters. The molecule has 1 atom stereocenters. The summed E-state index contributed by atoms with van der Waals surface area (Å²) in [5, 5.41) is 11.0. The van der Waals surface area contributed by atoms with Crippen LogP contribution >= 0.6 is 11.3 Å². The second-order valence-corrected chi connectivity index (χ2v) is 5.95. The first kappa shape index (κ1) is 14.0. The van der Waals surface area contributed by atoms with E-state index in [1.54, 1.807) is 16.0 Å². The van der Waals surface area contributed by atoms with Crippen LogP contribution in [0.25, 0.3) is 11.0 Å². The van der Waals surface area contributed by atoms with E-state index in [9.17, 15) is 0 Å². The highest BCUT2D eigenvalue weighted by molar-refractivity contribution is 7.10. The average Bonchev–Trinajstić information content (AvgIpc) is 3.15. The Morgan fingerprint density at radius 1 is 1.33 bits per heavy atom. The van der Waals surface area contributed by atoms with Gasteiger partial charge in [0.1, 0.15) is 11.6 Å². The van der Waals surface area contributed by atoms with Gasteiger partial charge in [-0.05, 0) is 17.9 Å². The molecule has 6 heteroatoms. The minimum atomic E-state index is 0.271. The summed E-state index contributed by atoms with van der Waals surface area (Å²) in [5.74, 6) is 1.72. The molecular weight excluding hydrogens is 282 g/mol. The van der Waals surface area contributed by atoms with E-state index in [-0.39, 0.29) is 6.04 Å². The smallest absolute Gasteiger partial charge is 0.163 e. The lowest BCUT2D eigenvalue weighted by Crippen LogP contribution is -2.11. The first-order valence-corrected chi connectivity index (χ1v) is 8.09. The fourth-order valence-electron chi connectivity index (χ4n) is 2.36. The summed E-state index contributed by atoms with van der Waals surface area (Å²) in [6.07, 6.45) is 3.65. The SMILES string of the molecule is CCc1nc(N[C@@H](CC)c2cccs2)c2cnn(C)c2n1. The molecule has 0 saturated heterocycles. The average molecular weight is 301 g/mol. The topological polar surface area (TPSA) is 55.6 Å². The lowest BCUT2D eigenvalue weighted by Gasteiger charge is -2.17. The third-order valence-corrected chi connectivity index (χ3v) is 4.55. The molecule has 0 aliphatic rings. The Bertz CT molecular complexity index is 732. The van der Waals surface area contributed by atoms with Gasteiger partial charge >= 0.3 is 0 Å². The summed E-state index contributed by atoms with van der Waals surface area (Å²) in [7, 11) is 1.91. The first-order chi connectivity index (χ1) is 10.2. The first-order valence-electron chi connectivity index (χ1n) is 7.21. The van der Waals surface area contributed by atoms with Gasteiger partial charge in [-0.25, -0.2) is 9.97 Å². The summed E-state index contributed by atoms with van der Waals surface area (Å²) in [4.78, 5) is 10.5. The van der Waals surface area contributed by atoms with Gasteiger partial charge in [0.15, 0.2) is 5.65 Å². The van der Waals surface area contributed by atoms with Gasteiger partial charge in [0, 0.05) is 18.3 Å². The van der Waals surface area contributed by atoms with Crippen LogP contribution in [0.1, 0.15) is 37.0 Å². The largest absolute Gasteiger partial charge is 0.362 e. The molecule has 110 valence electrons. The molecule has 3 heterocycles. The van der Waals surface area contributed by atoms with Crippen LogP contribution in [0.4, 0.5) is 5.82 Å². The number of rotatable bonds is 5. The lowest BCUT2D eigenvalue weighted by atomic mass is 10.2. The maximum absolute atomic E-state index is 4.66. The monoisotopic (exact) mass is 301 g/mol. The highest BCUT2D eigenvalue weighted by atomic mass is 32.1. The van der Waals surface area contributed by atoms with E-state index in [2.05, 4.69) is 51.7 Å². The van der Waals surface area contributed by atoms with Crippen molar-refractivity contribution in [1.29, 1.82) is 0 Å². The Morgan fingerprint density at radius 3 is 2.86 bits per heavy atom. The molecule has 1 N–H and O–H groups in total. The molecular formula is C15H19N5S. The molecule has 3 aromatic heterocycles. The lowest BCUT2D eigenvalue weighted by molar-refractivity contribution is 0.755. The minimum Gasteiger partial charge on any atom is -0.362 e. The molecule has 0 spiro atoms. The molecule has 0 bridgehead atoms. The van der Waals surface area contributed by atoms with Crippen molar-refractivity contribution in [3.05, 3.63) is 34.4 Å². The zero-order chi connectivity index (χ0) is 14.8. The Labute approximate surface area is 128 Å². The van der Waals surface area contributed by atoms with Gasteiger partial charge in [-0.2, -0.15) is 5.10 Å². The van der Waals surface area contributed by atoms with E-state index in [1.165, 1.54) is 4.88 Å².